The summed E-state index contributed by atoms with van der Waals surface area (Å²) in [5.74, 6) is -3.62. The number of phenolic OH excluding ortho intramolecular Hbond substituents is 1. The van der Waals surface area contributed by atoms with E-state index in [1.54, 1.807) is 11.0 Å². The Morgan fingerprint density at radius 3 is 2.59 bits per heavy atom. The molecular formula is C35H33F5N4O2. The molecule has 3 fully saturated rings. The molecular weight excluding hydrogens is 603 g/mol. The van der Waals surface area contributed by atoms with E-state index in [4.69, 9.17) is 11.2 Å². The van der Waals surface area contributed by atoms with Crippen LogP contribution >= 0.6 is 0 Å². The van der Waals surface area contributed by atoms with Crippen LogP contribution in [0.2, 0.25) is 0 Å². The normalized spacial score (nSPS) is 24.5. The third-order valence-electron chi connectivity index (χ3n) is 9.75. The zero-order chi connectivity index (χ0) is 32.2. The van der Waals surface area contributed by atoms with Gasteiger partial charge in [-0.15, -0.1) is 6.42 Å². The molecule has 3 aliphatic rings. The Kier molecular flexibility index (Phi) is 7.87. The molecule has 2 bridgehead atoms. The summed E-state index contributed by atoms with van der Waals surface area (Å²) in [5, 5.41) is 14.5. The Balaban J connectivity index is 1.35. The van der Waals surface area contributed by atoms with Crippen LogP contribution in [0.5, 0.6) is 11.8 Å². The van der Waals surface area contributed by atoms with Gasteiger partial charge in [0, 0.05) is 47.8 Å². The molecule has 0 amide bonds. The first-order valence-corrected chi connectivity index (χ1v) is 15.7. The van der Waals surface area contributed by atoms with Crippen molar-refractivity contribution in [2.75, 3.05) is 37.7 Å². The van der Waals surface area contributed by atoms with Gasteiger partial charge in [-0.2, -0.15) is 9.97 Å². The molecule has 46 heavy (non-hydrogen) atoms. The van der Waals surface area contributed by atoms with E-state index in [0.717, 1.165) is 12.8 Å². The van der Waals surface area contributed by atoms with Crippen LogP contribution in [-0.2, 0) is 0 Å². The molecule has 2 unspecified atom stereocenters. The van der Waals surface area contributed by atoms with Crippen molar-refractivity contribution in [3.8, 4) is 35.2 Å². The summed E-state index contributed by atoms with van der Waals surface area (Å²) in [6.45, 7) is 1.15. The minimum Gasteiger partial charge on any atom is -0.508 e. The Morgan fingerprint density at radius 2 is 1.83 bits per heavy atom. The zero-order valence-corrected chi connectivity index (χ0v) is 25.0. The summed E-state index contributed by atoms with van der Waals surface area (Å²) < 4.78 is 81.7. The minimum atomic E-state index is -2.78. The number of hydrogen-bond acceptors (Lipinski definition) is 6. The van der Waals surface area contributed by atoms with Crippen molar-refractivity contribution in [2.24, 2.45) is 17.8 Å². The number of halogens is 5. The van der Waals surface area contributed by atoms with E-state index in [1.807, 2.05) is 0 Å². The second-order valence-electron chi connectivity index (χ2n) is 12.7. The van der Waals surface area contributed by atoms with E-state index in [0.29, 0.717) is 30.2 Å². The van der Waals surface area contributed by atoms with Gasteiger partial charge < -0.3 is 20.1 Å². The highest BCUT2D eigenvalue weighted by atomic mass is 19.3. The number of nitrogens with one attached hydrogen (secondary N) is 1. The van der Waals surface area contributed by atoms with Crippen LogP contribution in [-0.4, -0.2) is 60.0 Å². The quantitative estimate of drug-likeness (QED) is 0.182. The number of nitrogens with zero attached hydrogens (tertiary/aromatic N) is 3. The highest BCUT2D eigenvalue weighted by Gasteiger charge is 2.56. The lowest BCUT2D eigenvalue weighted by Gasteiger charge is -2.38. The number of alkyl halides is 3. The molecule has 4 atom stereocenters. The van der Waals surface area contributed by atoms with Gasteiger partial charge in [0.15, 0.2) is 5.82 Å². The fraction of sp³-hybridized carbons (Fsp3) is 0.429. The van der Waals surface area contributed by atoms with E-state index in [9.17, 15) is 22.7 Å². The lowest BCUT2D eigenvalue weighted by molar-refractivity contribution is -0.0830. The number of anilines is 1. The molecule has 2 saturated heterocycles. The van der Waals surface area contributed by atoms with Crippen molar-refractivity contribution < 1.29 is 31.8 Å². The lowest BCUT2D eigenvalue weighted by atomic mass is 9.92. The average molecular weight is 637 g/mol. The van der Waals surface area contributed by atoms with E-state index >= 15 is 4.39 Å². The number of fused-ring (bicyclic) bond motifs is 4. The number of rotatable bonds is 5. The van der Waals surface area contributed by atoms with Crippen LogP contribution in [0.1, 0.15) is 37.7 Å². The van der Waals surface area contributed by atoms with Crippen molar-refractivity contribution in [2.45, 2.75) is 44.2 Å². The number of terminal acetylenes is 1. The van der Waals surface area contributed by atoms with Gasteiger partial charge in [0.05, 0.1) is 12.2 Å². The first-order valence-electron chi connectivity index (χ1n) is 15.7. The molecule has 240 valence electrons. The summed E-state index contributed by atoms with van der Waals surface area (Å²) in [5.41, 5.74) is -0.0337. The summed E-state index contributed by atoms with van der Waals surface area (Å²) in [6, 6.07) is 8.30. The van der Waals surface area contributed by atoms with Crippen molar-refractivity contribution >= 4 is 27.5 Å². The van der Waals surface area contributed by atoms with E-state index in [1.165, 1.54) is 30.3 Å². The van der Waals surface area contributed by atoms with Crippen molar-refractivity contribution in [3.05, 3.63) is 53.6 Å². The molecule has 1 aromatic heterocycles. The third-order valence-corrected chi connectivity index (χ3v) is 9.75. The SMILES string of the molecule is C#Cc1c(F)ccc2cc(O)cc(-c3ccc4c(N5CC6CCC(C5)C6(F)F)nc(OC[C@@H]5CCCNC[C@H](F)C5)nc4c3F)c12. The highest BCUT2D eigenvalue weighted by molar-refractivity contribution is 6.04. The maximum Gasteiger partial charge on any atom is 0.319 e. The van der Waals surface area contributed by atoms with Crippen molar-refractivity contribution in [1.82, 2.24) is 15.3 Å². The first kappa shape index (κ1) is 30.5. The number of phenols is 1. The number of hydrogen-bond donors (Lipinski definition) is 2. The highest BCUT2D eigenvalue weighted by Crippen LogP contribution is 2.50. The van der Waals surface area contributed by atoms with Crippen LogP contribution in [0.3, 0.4) is 0 Å². The van der Waals surface area contributed by atoms with E-state index < -0.39 is 35.6 Å². The second kappa shape index (κ2) is 11.9. The predicted octanol–water partition coefficient (Wildman–Crippen LogP) is 7.00. The molecule has 1 aliphatic carbocycles. The first-order chi connectivity index (χ1) is 22.1. The fourth-order valence-corrected chi connectivity index (χ4v) is 7.42. The van der Waals surface area contributed by atoms with Crippen molar-refractivity contribution in [3.63, 3.8) is 0 Å². The van der Waals surface area contributed by atoms with Crippen molar-refractivity contribution in [1.29, 1.82) is 0 Å². The maximum atomic E-state index is 16.7. The number of piperidine rings is 1. The van der Waals surface area contributed by atoms with Gasteiger partial charge in [0.25, 0.3) is 5.92 Å². The van der Waals surface area contributed by atoms with Crippen LogP contribution in [0.15, 0.2) is 36.4 Å². The Bertz CT molecular complexity index is 1850. The molecule has 2 aliphatic heterocycles. The number of aromatic hydroxyl groups is 1. The van der Waals surface area contributed by atoms with E-state index in [-0.39, 0.29) is 83.8 Å². The minimum absolute atomic E-state index is 0.00383. The molecule has 6 nitrogen and oxygen atoms in total. The summed E-state index contributed by atoms with van der Waals surface area (Å²) in [4.78, 5) is 10.8. The van der Waals surface area contributed by atoms with Gasteiger partial charge in [-0.25, -0.2) is 22.0 Å². The largest absolute Gasteiger partial charge is 0.508 e. The summed E-state index contributed by atoms with van der Waals surface area (Å²) in [6.07, 6.45) is 7.23. The topological polar surface area (TPSA) is 70.5 Å². The van der Waals surface area contributed by atoms with Gasteiger partial charge in [0.1, 0.15) is 29.1 Å². The van der Waals surface area contributed by atoms with Gasteiger partial charge in [0.2, 0.25) is 0 Å². The average Bonchev–Trinajstić information content (AvgIpc) is 3.16. The number of ether oxygens (including phenoxy) is 1. The fourth-order valence-electron chi connectivity index (χ4n) is 7.42. The standard InChI is InChI=1S/C35H33F5N4O2/c1-2-25-29(37)10-5-20-13-24(45)14-28(30(20)25)26-8-9-27-32(31(26)38)42-34(46-18-19-4-3-11-41-15-23(36)12-19)43-33(27)44-16-21-6-7-22(17-44)35(21,39)40/h1,5,8-10,13-14,19,21-23,41,45H,3-4,6-7,11-12,15-18H2/t19-,21?,22?,23-/m1/s1. The maximum absolute atomic E-state index is 16.7. The molecule has 7 rings (SSSR count). The second-order valence-corrected chi connectivity index (χ2v) is 12.7. The van der Waals surface area contributed by atoms with E-state index in [2.05, 4.69) is 21.2 Å². The zero-order valence-electron chi connectivity index (χ0n) is 25.0. The Hall–Kier alpha value is -4.17. The van der Waals surface area contributed by atoms with Gasteiger partial charge >= 0.3 is 6.01 Å². The van der Waals surface area contributed by atoms with Gasteiger partial charge in [-0.3, -0.25) is 0 Å². The number of benzene rings is 3. The molecule has 2 N–H and O–H groups in total. The molecule has 0 radical (unpaired) electrons. The molecule has 0 spiro atoms. The molecule has 3 heterocycles. The molecule has 4 aromatic rings. The smallest absolute Gasteiger partial charge is 0.319 e. The monoisotopic (exact) mass is 636 g/mol. The van der Waals surface area contributed by atoms with Crippen LogP contribution in [0.25, 0.3) is 32.8 Å². The van der Waals surface area contributed by atoms with Gasteiger partial charge in [-0.05, 0) is 79.8 Å². The predicted molar refractivity (Wildman–Crippen MR) is 166 cm³/mol. The molecule has 3 aromatic carbocycles. The van der Waals surface area contributed by atoms with Gasteiger partial charge in [-0.1, -0.05) is 18.1 Å². The van der Waals surface area contributed by atoms with Crippen LogP contribution in [0.4, 0.5) is 27.8 Å². The lowest BCUT2D eigenvalue weighted by Crippen LogP contribution is -2.49. The molecule has 11 heteroatoms. The molecule has 1 saturated carbocycles. The van der Waals surface area contributed by atoms with Crippen LogP contribution in [0, 0.1) is 41.7 Å². The van der Waals surface area contributed by atoms with Crippen LogP contribution < -0.4 is 15.0 Å². The Morgan fingerprint density at radius 1 is 1.04 bits per heavy atom. The number of aromatic nitrogens is 2. The summed E-state index contributed by atoms with van der Waals surface area (Å²) >= 11 is 0. The summed E-state index contributed by atoms with van der Waals surface area (Å²) in [7, 11) is 0. The Labute approximate surface area is 263 Å². The third kappa shape index (κ3) is 5.36.